The second-order valence-corrected chi connectivity index (χ2v) is 7.64. The van der Waals surface area contributed by atoms with Crippen LogP contribution in [0.3, 0.4) is 0 Å². The van der Waals surface area contributed by atoms with E-state index >= 15 is 4.39 Å². The molecular formula is C21H19ClF2N4O4. The van der Waals surface area contributed by atoms with Crippen molar-refractivity contribution in [3.05, 3.63) is 46.5 Å². The second kappa shape index (κ2) is 8.62. The van der Waals surface area contributed by atoms with Crippen molar-refractivity contribution in [3.8, 4) is 16.9 Å². The number of rotatable bonds is 2. The van der Waals surface area contributed by atoms with Gasteiger partial charge in [0.15, 0.2) is 5.82 Å². The number of amides is 2. The fourth-order valence-corrected chi connectivity index (χ4v) is 4.14. The Bertz CT molecular complexity index is 1130. The number of anilines is 1. The van der Waals surface area contributed by atoms with Crippen LogP contribution in [0.25, 0.3) is 11.1 Å². The van der Waals surface area contributed by atoms with Crippen molar-refractivity contribution >= 4 is 35.1 Å². The number of nitrogens with one attached hydrogen (secondary N) is 1. The third-order valence-corrected chi connectivity index (χ3v) is 5.69. The maximum absolute atomic E-state index is 15.8. The van der Waals surface area contributed by atoms with Gasteiger partial charge in [0.25, 0.3) is 0 Å². The van der Waals surface area contributed by atoms with Gasteiger partial charge >= 0.3 is 6.09 Å². The van der Waals surface area contributed by atoms with Gasteiger partial charge in [-0.3, -0.25) is 9.79 Å². The van der Waals surface area contributed by atoms with E-state index < -0.39 is 23.6 Å². The van der Waals surface area contributed by atoms with Crippen molar-refractivity contribution in [1.29, 1.82) is 0 Å². The molecule has 4 rings (SSSR count). The minimum Gasteiger partial charge on any atom is -0.496 e. The molecule has 2 heterocycles. The Labute approximate surface area is 187 Å². The molecule has 11 heteroatoms. The number of hydrogen-bond acceptors (Lipinski definition) is 5. The summed E-state index contributed by atoms with van der Waals surface area (Å²) in [7, 11) is 1.33. The zero-order valence-corrected chi connectivity index (χ0v) is 17.7. The molecule has 0 spiro atoms. The fraction of sp³-hybridized carbons (Fsp3) is 0.286. The van der Waals surface area contributed by atoms with Gasteiger partial charge in [0.05, 0.1) is 23.4 Å². The SMILES string of the molecule is COc1cccc(F)c1-c1c(Cl)cc2c(c1F)NC(=O)CN=C2N1CCN(C(=O)O)CC1. The molecule has 2 N–H and O–H groups in total. The molecule has 0 radical (unpaired) electrons. The summed E-state index contributed by atoms with van der Waals surface area (Å²) in [5.41, 5.74) is -0.331. The number of piperazine rings is 1. The van der Waals surface area contributed by atoms with Crippen LogP contribution in [-0.4, -0.2) is 72.6 Å². The standard InChI is InChI=1S/C21H19ClF2N4O4/c1-32-14-4-2-3-13(23)17(14)16-12(22)9-11-19(18(16)24)26-15(29)10-25-20(11)27-5-7-28(8-6-27)21(30)31/h2-4,9H,5-8,10H2,1H3,(H,26,29)(H,30,31). The van der Waals surface area contributed by atoms with Crippen LogP contribution in [0.15, 0.2) is 29.3 Å². The average molecular weight is 465 g/mol. The fourth-order valence-electron chi connectivity index (χ4n) is 3.85. The van der Waals surface area contributed by atoms with Crippen molar-refractivity contribution in [2.24, 2.45) is 4.99 Å². The second-order valence-electron chi connectivity index (χ2n) is 7.23. The molecule has 1 fully saturated rings. The van der Waals surface area contributed by atoms with Crippen LogP contribution in [0.2, 0.25) is 5.02 Å². The largest absolute Gasteiger partial charge is 0.496 e. The molecule has 2 aliphatic heterocycles. The predicted octanol–water partition coefficient (Wildman–Crippen LogP) is 3.29. The Morgan fingerprint density at radius 2 is 1.94 bits per heavy atom. The molecule has 168 valence electrons. The number of fused-ring (bicyclic) bond motifs is 1. The summed E-state index contributed by atoms with van der Waals surface area (Å²) >= 11 is 6.43. The maximum Gasteiger partial charge on any atom is 0.407 e. The highest BCUT2D eigenvalue weighted by molar-refractivity contribution is 6.34. The van der Waals surface area contributed by atoms with Gasteiger partial charge in [-0.05, 0) is 18.2 Å². The number of halogens is 3. The first-order chi connectivity index (χ1) is 15.3. The lowest BCUT2D eigenvalue weighted by Gasteiger charge is -2.35. The molecule has 32 heavy (non-hydrogen) atoms. The zero-order chi connectivity index (χ0) is 23.0. The number of nitrogens with zero attached hydrogens (tertiary/aromatic N) is 3. The van der Waals surface area contributed by atoms with Gasteiger partial charge in [0.1, 0.15) is 23.9 Å². The molecule has 0 bridgehead atoms. The molecule has 2 aromatic carbocycles. The Kier molecular flexibility index (Phi) is 5.88. The van der Waals surface area contributed by atoms with Crippen LogP contribution >= 0.6 is 11.6 Å². The number of carbonyl (C=O) groups is 2. The van der Waals surface area contributed by atoms with Crippen LogP contribution in [0, 0.1) is 11.6 Å². The lowest BCUT2D eigenvalue weighted by atomic mass is 9.98. The van der Waals surface area contributed by atoms with E-state index in [2.05, 4.69) is 10.3 Å². The third-order valence-electron chi connectivity index (χ3n) is 5.39. The van der Waals surface area contributed by atoms with Crippen molar-refractivity contribution < 1.29 is 28.2 Å². The van der Waals surface area contributed by atoms with Crippen molar-refractivity contribution in [1.82, 2.24) is 9.80 Å². The lowest BCUT2D eigenvalue weighted by Crippen LogP contribution is -2.50. The van der Waals surface area contributed by atoms with E-state index in [9.17, 15) is 14.0 Å². The van der Waals surface area contributed by atoms with Gasteiger partial charge in [-0.1, -0.05) is 17.7 Å². The molecule has 2 aromatic rings. The number of ether oxygens (including phenoxy) is 1. The minimum atomic E-state index is -1.03. The molecule has 0 unspecified atom stereocenters. The monoisotopic (exact) mass is 464 g/mol. The Balaban J connectivity index is 1.83. The number of aliphatic imine (C=N–C) groups is 1. The van der Waals surface area contributed by atoms with E-state index in [1.807, 2.05) is 0 Å². The number of methoxy groups -OCH3 is 1. The highest BCUT2D eigenvalue weighted by atomic mass is 35.5. The summed E-state index contributed by atoms with van der Waals surface area (Å²) in [5, 5.41) is 11.6. The molecule has 8 nitrogen and oxygen atoms in total. The summed E-state index contributed by atoms with van der Waals surface area (Å²) < 4.78 is 35.6. The lowest BCUT2D eigenvalue weighted by molar-refractivity contribution is -0.114. The first-order valence-corrected chi connectivity index (χ1v) is 10.1. The first kappa shape index (κ1) is 21.8. The quantitative estimate of drug-likeness (QED) is 0.711. The molecule has 1 saturated heterocycles. The summed E-state index contributed by atoms with van der Waals surface area (Å²) in [6.07, 6.45) is -1.03. The Morgan fingerprint density at radius 3 is 2.59 bits per heavy atom. The van der Waals surface area contributed by atoms with Gasteiger partial charge in [0, 0.05) is 37.3 Å². The highest BCUT2D eigenvalue weighted by Crippen LogP contribution is 2.43. The minimum absolute atomic E-state index is 0.0855. The molecule has 2 aliphatic rings. The van der Waals surface area contributed by atoms with E-state index in [0.29, 0.717) is 18.9 Å². The Morgan fingerprint density at radius 1 is 1.22 bits per heavy atom. The van der Waals surface area contributed by atoms with Crippen LogP contribution < -0.4 is 10.1 Å². The van der Waals surface area contributed by atoms with Crippen molar-refractivity contribution in [2.45, 2.75) is 0 Å². The predicted molar refractivity (Wildman–Crippen MR) is 115 cm³/mol. The number of carbonyl (C=O) groups excluding carboxylic acids is 1. The molecule has 0 atom stereocenters. The van der Waals surface area contributed by atoms with E-state index in [0.717, 1.165) is 6.07 Å². The van der Waals surface area contributed by atoms with Gasteiger partial charge in [-0.2, -0.15) is 0 Å². The average Bonchev–Trinajstić information content (AvgIpc) is 2.93. The van der Waals surface area contributed by atoms with Crippen molar-refractivity contribution in [3.63, 3.8) is 0 Å². The topological polar surface area (TPSA) is 94.5 Å². The van der Waals surface area contributed by atoms with Crippen LogP contribution in [0.1, 0.15) is 5.56 Å². The zero-order valence-electron chi connectivity index (χ0n) is 17.0. The normalized spacial score (nSPS) is 16.1. The summed E-state index contributed by atoms with van der Waals surface area (Å²) in [6.45, 7) is 0.817. The number of hydrogen-bond donors (Lipinski definition) is 2. The summed E-state index contributed by atoms with van der Waals surface area (Å²) in [5.74, 6) is -1.79. The van der Waals surface area contributed by atoms with E-state index in [1.54, 1.807) is 4.90 Å². The van der Waals surface area contributed by atoms with Gasteiger partial charge in [-0.15, -0.1) is 0 Å². The molecule has 0 saturated carbocycles. The molecule has 2 amide bonds. The molecular weight excluding hydrogens is 446 g/mol. The first-order valence-electron chi connectivity index (χ1n) is 9.74. The van der Waals surface area contributed by atoms with Crippen LogP contribution in [0.4, 0.5) is 19.3 Å². The number of benzodiazepines with no additional fused rings is 1. The highest BCUT2D eigenvalue weighted by Gasteiger charge is 2.31. The molecule has 0 aromatic heterocycles. The number of benzene rings is 2. The van der Waals surface area contributed by atoms with Gasteiger partial charge in [0.2, 0.25) is 5.91 Å². The van der Waals surface area contributed by atoms with Crippen LogP contribution in [-0.2, 0) is 4.79 Å². The Hall–Kier alpha value is -3.40. The van der Waals surface area contributed by atoms with E-state index in [4.69, 9.17) is 21.4 Å². The van der Waals surface area contributed by atoms with Crippen molar-refractivity contribution in [2.75, 3.05) is 45.2 Å². The number of amidine groups is 1. The summed E-state index contributed by atoms with van der Waals surface area (Å²) in [4.78, 5) is 30.8. The smallest absolute Gasteiger partial charge is 0.407 e. The van der Waals surface area contributed by atoms with E-state index in [-0.39, 0.29) is 52.8 Å². The van der Waals surface area contributed by atoms with E-state index in [1.165, 1.54) is 30.2 Å². The van der Waals surface area contributed by atoms with Crippen LogP contribution in [0.5, 0.6) is 5.75 Å². The number of carboxylic acid groups (broad SMARTS) is 1. The maximum atomic E-state index is 15.8. The molecule has 0 aliphatic carbocycles. The third kappa shape index (κ3) is 3.81. The van der Waals surface area contributed by atoms with Gasteiger partial charge < -0.3 is 25.0 Å². The van der Waals surface area contributed by atoms with Gasteiger partial charge in [-0.25, -0.2) is 13.6 Å². The summed E-state index contributed by atoms with van der Waals surface area (Å²) in [6, 6.07) is 5.49.